The molecule has 0 aliphatic carbocycles. The molecule has 3 rings (SSSR count). The van der Waals surface area contributed by atoms with Gasteiger partial charge in [0, 0.05) is 30.8 Å². The Hall–Kier alpha value is -3.22. The zero-order valence-corrected chi connectivity index (χ0v) is 16.3. The molecular formula is C21H24N4O3. The number of carbonyl (C=O) groups excluding carboxylic acids is 1. The average Bonchev–Trinajstić information content (AvgIpc) is 3.16. The highest BCUT2D eigenvalue weighted by Crippen LogP contribution is 2.19. The Bertz CT molecular complexity index is 892. The van der Waals surface area contributed by atoms with E-state index in [1.54, 1.807) is 24.5 Å². The van der Waals surface area contributed by atoms with Gasteiger partial charge in [0.1, 0.15) is 5.75 Å². The number of aryl methyl sites for hydroxylation is 1. The lowest BCUT2D eigenvalue weighted by Crippen LogP contribution is -2.26. The lowest BCUT2D eigenvalue weighted by Gasteiger charge is -2.15. The second kappa shape index (κ2) is 9.12. The van der Waals surface area contributed by atoms with E-state index >= 15 is 0 Å². The van der Waals surface area contributed by atoms with E-state index in [-0.39, 0.29) is 24.5 Å². The number of amides is 1. The lowest BCUT2D eigenvalue weighted by molar-refractivity contribution is -0.121. The number of hydrogen-bond acceptors (Lipinski definition) is 6. The molecule has 0 saturated heterocycles. The van der Waals surface area contributed by atoms with E-state index in [0.29, 0.717) is 18.1 Å². The molecule has 7 nitrogen and oxygen atoms in total. The van der Waals surface area contributed by atoms with E-state index in [1.807, 2.05) is 45.0 Å². The Morgan fingerprint density at radius 2 is 1.82 bits per heavy atom. The Balaban J connectivity index is 1.49. The molecular weight excluding hydrogens is 356 g/mol. The van der Waals surface area contributed by atoms with Crippen molar-refractivity contribution in [3.63, 3.8) is 0 Å². The van der Waals surface area contributed by atoms with Gasteiger partial charge in [-0.25, -0.2) is 0 Å². The summed E-state index contributed by atoms with van der Waals surface area (Å²) in [6.07, 6.45) is 4.13. The first-order valence-corrected chi connectivity index (χ1v) is 9.30. The first-order valence-electron chi connectivity index (χ1n) is 9.30. The molecule has 1 unspecified atom stereocenters. The molecule has 146 valence electrons. The van der Waals surface area contributed by atoms with Gasteiger partial charge in [-0.15, -0.1) is 0 Å². The molecule has 0 aliphatic heterocycles. The zero-order chi connectivity index (χ0) is 19.9. The van der Waals surface area contributed by atoms with E-state index in [1.165, 1.54) is 0 Å². The van der Waals surface area contributed by atoms with Crippen LogP contribution in [0.5, 0.6) is 5.75 Å². The quantitative estimate of drug-likeness (QED) is 0.640. The maximum Gasteiger partial charge on any atom is 0.227 e. The summed E-state index contributed by atoms with van der Waals surface area (Å²) in [4.78, 5) is 20.5. The summed E-state index contributed by atoms with van der Waals surface area (Å²) < 4.78 is 10.9. The zero-order valence-electron chi connectivity index (χ0n) is 16.3. The van der Waals surface area contributed by atoms with E-state index in [2.05, 4.69) is 20.4 Å². The van der Waals surface area contributed by atoms with Crippen molar-refractivity contribution in [1.82, 2.24) is 20.4 Å². The summed E-state index contributed by atoms with van der Waals surface area (Å²) in [5.41, 5.74) is 1.84. The van der Waals surface area contributed by atoms with Gasteiger partial charge in [0.15, 0.2) is 0 Å². The number of pyridine rings is 1. The molecule has 1 aromatic carbocycles. The van der Waals surface area contributed by atoms with Gasteiger partial charge < -0.3 is 14.6 Å². The summed E-state index contributed by atoms with van der Waals surface area (Å²) >= 11 is 0. The molecule has 2 heterocycles. The summed E-state index contributed by atoms with van der Waals surface area (Å²) in [6.45, 7) is 5.92. The van der Waals surface area contributed by atoms with Gasteiger partial charge in [-0.1, -0.05) is 17.3 Å². The maximum atomic E-state index is 12.3. The Morgan fingerprint density at radius 1 is 1.11 bits per heavy atom. The minimum absolute atomic E-state index is 0.0707. The first kappa shape index (κ1) is 19.5. The van der Waals surface area contributed by atoms with Crippen molar-refractivity contribution in [1.29, 1.82) is 0 Å². The van der Waals surface area contributed by atoms with Crippen LogP contribution in [0.1, 0.15) is 44.7 Å². The van der Waals surface area contributed by atoms with Crippen molar-refractivity contribution >= 4 is 5.91 Å². The molecule has 7 heteroatoms. The predicted octanol–water partition coefficient (Wildman–Crippen LogP) is 3.73. The van der Waals surface area contributed by atoms with Gasteiger partial charge in [-0.3, -0.25) is 9.78 Å². The molecule has 0 aliphatic rings. The number of hydrogen-bond donors (Lipinski definition) is 1. The standard InChI is InChI=1S/C21H24N4O3/c1-14(2)27-18-6-4-16(5-7-18)15(3)23-19(26)8-9-20-24-21(25-28-20)17-10-12-22-13-11-17/h4-7,10-15H,8-9H2,1-3H3,(H,23,26). The number of ether oxygens (including phenoxy) is 1. The average molecular weight is 380 g/mol. The highest BCUT2D eigenvalue weighted by atomic mass is 16.5. The fourth-order valence-corrected chi connectivity index (χ4v) is 2.70. The van der Waals surface area contributed by atoms with E-state index in [4.69, 9.17) is 9.26 Å². The molecule has 0 saturated carbocycles. The van der Waals surface area contributed by atoms with Crippen LogP contribution in [-0.4, -0.2) is 27.1 Å². The molecule has 0 bridgehead atoms. The molecule has 3 aromatic rings. The third kappa shape index (κ3) is 5.39. The van der Waals surface area contributed by atoms with Gasteiger partial charge in [-0.05, 0) is 50.6 Å². The number of rotatable bonds is 8. The molecule has 2 aromatic heterocycles. The van der Waals surface area contributed by atoms with Gasteiger partial charge in [0.2, 0.25) is 17.6 Å². The van der Waals surface area contributed by atoms with Gasteiger partial charge >= 0.3 is 0 Å². The van der Waals surface area contributed by atoms with Crippen molar-refractivity contribution in [2.75, 3.05) is 0 Å². The van der Waals surface area contributed by atoms with Crippen molar-refractivity contribution in [2.45, 2.75) is 45.8 Å². The fraction of sp³-hybridized carbons (Fsp3) is 0.333. The van der Waals surface area contributed by atoms with Crippen molar-refractivity contribution in [3.05, 3.63) is 60.2 Å². The second-order valence-electron chi connectivity index (χ2n) is 6.77. The molecule has 0 spiro atoms. The Kier molecular flexibility index (Phi) is 6.37. The molecule has 1 amide bonds. The van der Waals surface area contributed by atoms with Crippen LogP contribution < -0.4 is 10.1 Å². The first-order chi connectivity index (χ1) is 13.5. The monoisotopic (exact) mass is 380 g/mol. The van der Waals surface area contributed by atoms with E-state index < -0.39 is 0 Å². The van der Waals surface area contributed by atoms with Crippen LogP contribution >= 0.6 is 0 Å². The van der Waals surface area contributed by atoms with Crippen LogP contribution in [0, 0.1) is 0 Å². The van der Waals surface area contributed by atoms with Crippen LogP contribution in [0.25, 0.3) is 11.4 Å². The molecule has 1 N–H and O–H groups in total. The maximum absolute atomic E-state index is 12.3. The topological polar surface area (TPSA) is 90.1 Å². The number of benzene rings is 1. The highest BCUT2D eigenvalue weighted by molar-refractivity contribution is 5.76. The van der Waals surface area contributed by atoms with E-state index in [9.17, 15) is 4.79 Å². The summed E-state index contributed by atoms with van der Waals surface area (Å²) in [5, 5.41) is 6.93. The minimum atomic E-state index is -0.101. The number of carbonyl (C=O) groups is 1. The third-order valence-electron chi connectivity index (χ3n) is 4.10. The number of aromatic nitrogens is 3. The van der Waals surface area contributed by atoms with Crippen LogP contribution in [0.4, 0.5) is 0 Å². The highest BCUT2D eigenvalue weighted by Gasteiger charge is 2.13. The van der Waals surface area contributed by atoms with Crippen molar-refractivity contribution in [3.8, 4) is 17.1 Å². The van der Waals surface area contributed by atoms with Crippen molar-refractivity contribution < 1.29 is 14.1 Å². The normalized spacial score (nSPS) is 12.0. The second-order valence-corrected chi connectivity index (χ2v) is 6.77. The van der Waals surface area contributed by atoms with Gasteiger partial charge in [0.05, 0.1) is 12.1 Å². The molecule has 0 radical (unpaired) electrons. The SMILES string of the molecule is CC(C)Oc1ccc(C(C)NC(=O)CCc2nc(-c3ccncc3)no2)cc1. The van der Waals surface area contributed by atoms with Gasteiger partial charge in [-0.2, -0.15) is 4.98 Å². The Labute approximate surface area is 164 Å². The van der Waals surface area contributed by atoms with E-state index in [0.717, 1.165) is 16.9 Å². The summed E-state index contributed by atoms with van der Waals surface area (Å²) in [7, 11) is 0. The fourth-order valence-electron chi connectivity index (χ4n) is 2.70. The van der Waals surface area contributed by atoms with Crippen molar-refractivity contribution in [2.24, 2.45) is 0 Å². The van der Waals surface area contributed by atoms with Crippen LogP contribution in [0.2, 0.25) is 0 Å². The number of nitrogens with zero attached hydrogens (tertiary/aromatic N) is 3. The minimum Gasteiger partial charge on any atom is -0.491 e. The third-order valence-corrected chi connectivity index (χ3v) is 4.10. The summed E-state index contributed by atoms with van der Waals surface area (Å²) in [5.74, 6) is 1.68. The smallest absolute Gasteiger partial charge is 0.227 e. The molecule has 0 fully saturated rings. The summed E-state index contributed by atoms with van der Waals surface area (Å²) in [6, 6.07) is 11.3. The largest absolute Gasteiger partial charge is 0.491 e. The van der Waals surface area contributed by atoms with Crippen LogP contribution in [-0.2, 0) is 11.2 Å². The lowest BCUT2D eigenvalue weighted by atomic mass is 10.1. The van der Waals surface area contributed by atoms with Gasteiger partial charge in [0.25, 0.3) is 0 Å². The number of nitrogens with one attached hydrogen (secondary N) is 1. The molecule has 1 atom stereocenters. The molecule has 28 heavy (non-hydrogen) atoms. The predicted molar refractivity (Wildman–Crippen MR) is 105 cm³/mol. The van der Waals surface area contributed by atoms with Crippen LogP contribution in [0.3, 0.4) is 0 Å². The Morgan fingerprint density at radius 3 is 2.50 bits per heavy atom. The van der Waals surface area contributed by atoms with Crippen LogP contribution in [0.15, 0.2) is 53.3 Å².